The van der Waals surface area contributed by atoms with Crippen LogP contribution in [0.2, 0.25) is 5.15 Å². The van der Waals surface area contributed by atoms with Gasteiger partial charge in [0.25, 0.3) is 0 Å². The van der Waals surface area contributed by atoms with Crippen LogP contribution in [0.4, 0.5) is 0 Å². The molecule has 1 atom stereocenters. The maximum Gasteiger partial charge on any atom is 0.335 e. The summed E-state index contributed by atoms with van der Waals surface area (Å²) in [6.45, 7) is 5.06. The molecule has 134 valence electrons. The number of nitrogens with zero attached hydrogens (tertiary/aromatic N) is 3. The molecule has 1 aliphatic rings. The summed E-state index contributed by atoms with van der Waals surface area (Å²) in [4.78, 5) is 13.4. The second kappa shape index (κ2) is 7.58. The van der Waals surface area contributed by atoms with E-state index >= 15 is 0 Å². The van der Waals surface area contributed by atoms with E-state index in [9.17, 15) is 4.79 Å². The van der Waals surface area contributed by atoms with Gasteiger partial charge in [-0.05, 0) is 49.4 Å². The summed E-state index contributed by atoms with van der Waals surface area (Å²) in [6.07, 6.45) is 3.03. The van der Waals surface area contributed by atoms with Crippen LogP contribution in [0.3, 0.4) is 0 Å². The van der Waals surface area contributed by atoms with Gasteiger partial charge in [-0.15, -0.1) is 0 Å². The quantitative estimate of drug-likeness (QED) is 0.856. The van der Waals surface area contributed by atoms with Crippen LogP contribution in [-0.4, -0.2) is 38.8 Å². The zero-order chi connectivity index (χ0) is 18.0. The highest BCUT2D eigenvalue weighted by Crippen LogP contribution is 2.26. The van der Waals surface area contributed by atoms with Gasteiger partial charge < -0.3 is 5.11 Å². The maximum absolute atomic E-state index is 10.9. The average Bonchev–Trinajstić information content (AvgIpc) is 3.14. The monoisotopic (exact) mass is 361 g/mol. The van der Waals surface area contributed by atoms with Crippen molar-refractivity contribution in [3.8, 4) is 0 Å². The van der Waals surface area contributed by atoms with Crippen molar-refractivity contribution in [1.82, 2.24) is 14.7 Å². The highest BCUT2D eigenvalue weighted by atomic mass is 35.5. The van der Waals surface area contributed by atoms with Crippen LogP contribution >= 0.6 is 11.6 Å². The van der Waals surface area contributed by atoms with Crippen LogP contribution in [0.1, 0.15) is 40.5 Å². The second-order valence-electron chi connectivity index (χ2n) is 6.79. The van der Waals surface area contributed by atoms with Gasteiger partial charge in [-0.1, -0.05) is 30.7 Å². The van der Waals surface area contributed by atoms with E-state index < -0.39 is 5.97 Å². The number of hydrogen-bond donors (Lipinski definition) is 1. The van der Waals surface area contributed by atoms with E-state index in [0.29, 0.717) is 11.5 Å². The Labute approximate surface area is 153 Å². The predicted molar refractivity (Wildman–Crippen MR) is 98.1 cm³/mol. The van der Waals surface area contributed by atoms with E-state index in [0.717, 1.165) is 55.3 Å². The minimum atomic E-state index is -0.876. The van der Waals surface area contributed by atoms with Gasteiger partial charge in [0.1, 0.15) is 5.15 Å². The summed E-state index contributed by atoms with van der Waals surface area (Å²) < 4.78 is 1.76. The van der Waals surface area contributed by atoms with E-state index in [2.05, 4.69) is 16.9 Å². The van der Waals surface area contributed by atoms with Gasteiger partial charge >= 0.3 is 5.97 Å². The SMILES string of the molecule is CCc1nn(C)c(Cl)c1CN1CCC(Cc2ccc(C(=O)O)cc2)C1. The smallest absolute Gasteiger partial charge is 0.335 e. The first-order chi connectivity index (χ1) is 12.0. The molecule has 0 amide bonds. The van der Waals surface area contributed by atoms with E-state index in [1.165, 1.54) is 5.56 Å². The Bertz CT molecular complexity index is 755. The van der Waals surface area contributed by atoms with Crippen molar-refractivity contribution in [3.05, 3.63) is 51.8 Å². The first-order valence-corrected chi connectivity index (χ1v) is 9.10. The number of halogens is 1. The van der Waals surface area contributed by atoms with Crippen LogP contribution in [0.5, 0.6) is 0 Å². The Kier molecular flexibility index (Phi) is 5.45. The molecule has 1 aliphatic heterocycles. The fourth-order valence-corrected chi connectivity index (χ4v) is 3.81. The molecule has 1 aromatic carbocycles. The molecule has 1 saturated heterocycles. The Morgan fingerprint density at radius 2 is 2.08 bits per heavy atom. The molecule has 0 saturated carbocycles. The molecule has 0 spiro atoms. The molecule has 25 heavy (non-hydrogen) atoms. The van der Waals surface area contributed by atoms with Gasteiger partial charge in [-0.2, -0.15) is 5.10 Å². The van der Waals surface area contributed by atoms with Crippen molar-refractivity contribution >= 4 is 17.6 Å². The summed E-state index contributed by atoms with van der Waals surface area (Å²) in [5.74, 6) is -0.283. The molecule has 6 heteroatoms. The first-order valence-electron chi connectivity index (χ1n) is 8.72. The molecule has 1 aromatic heterocycles. The van der Waals surface area contributed by atoms with Crippen LogP contribution in [0, 0.1) is 5.92 Å². The highest BCUT2D eigenvalue weighted by molar-refractivity contribution is 6.30. The Hall–Kier alpha value is -1.85. The third-order valence-electron chi connectivity index (χ3n) is 4.96. The lowest BCUT2D eigenvalue weighted by Gasteiger charge is -2.16. The van der Waals surface area contributed by atoms with Crippen molar-refractivity contribution in [2.24, 2.45) is 13.0 Å². The zero-order valence-corrected chi connectivity index (χ0v) is 15.5. The van der Waals surface area contributed by atoms with Crippen molar-refractivity contribution in [2.45, 2.75) is 32.7 Å². The molecule has 1 unspecified atom stereocenters. The van der Waals surface area contributed by atoms with Gasteiger partial charge in [0.2, 0.25) is 0 Å². The summed E-state index contributed by atoms with van der Waals surface area (Å²) in [6, 6.07) is 7.24. The predicted octanol–water partition coefficient (Wildman–Crippen LogP) is 3.40. The molecular weight excluding hydrogens is 338 g/mol. The lowest BCUT2D eigenvalue weighted by atomic mass is 9.98. The maximum atomic E-state index is 10.9. The van der Waals surface area contributed by atoms with Gasteiger partial charge in [-0.25, -0.2) is 4.79 Å². The van der Waals surface area contributed by atoms with Crippen molar-refractivity contribution in [3.63, 3.8) is 0 Å². The van der Waals surface area contributed by atoms with Gasteiger partial charge in [0.15, 0.2) is 0 Å². The number of aromatic carboxylic acids is 1. The molecule has 2 aromatic rings. The van der Waals surface area contributed by atoms with Crippen LogP contribution < -0.4 is 0 Å². The number of hydrogen-bond acceptors (Lipinski definition) is 3. The summed E-state index contributed by atoms with van der Waals surface area (Å²) in [5, 5.41) is 14.2. The molecule has 0 aliphatic carbocycles. The van der Waals surface area contributed by atoms with Crippen molar-refractivity contribution in [1.29, 1.82) is 0 Å². The molecular formula is C19H24ClN3O2. The Morgan fingerprint density at radius 1 is 1.36 bits per heavy atom. The fourth-order valence-electron chi connectivity index (χ4n) is 3.60. The topological polar surface area (TPSA) is 58.4 Å². The number of aromatic nitrogens is 2. The number of carbonyl (C=O) groups is 1. The van der Waals surface area contributed by atoms with Gasteiger partial charge in [0, 0.05) is 25.7 Å². The largest absolute Gasteiger partial charge is 0.478 e. The van der Waals surface area contributed by atoms with E-state index in [-0.39, 0.29) is 0 Å². The number of carboxylic acids is 1. The Morgan fingerprint density at radius 3 is 2.72 bits per heavy atom. The second-order valence-corrected chi connectivity index (χ2v) is 7.15. The first kappa shape index (κ1) is 18.0. The lowest BCUT2D eigenvalue weighted by Crippen LogP contribution is -2.21. The third-order valence-corrected chi connectivity index (χ3v) is 5.44. The normalized spacial score (nSPS) is 18.0. The minimum absolute atomic E-state index is 0.343. The molecule has 1 fully saturated rings. The van der Waals surface area contributed by atoms with E-state index in [1.54, 1.807) is 16.8 Å². The van der Waals surface area contributed by atoms with Crippen LogP contribution in [-0.2, 0) is 26.4 Å². The number of rotatable bonds is 6. The van der Waals surface area contributed by atoms with Crippen LogP contribution in [0.15, 0.2) is 24.3 Å². The third kappa shape index (κ3) is 4.05. The molecule has 0 radical (unpaired) electrons. The lowest BCUT2D eigenvalue weighted by molar-refractivity contribution is 0.0697. The van der Waals surface area contributed by atoms with Gasteiger partial charge in [-0.3, -0.25) is 9.58 Å². The molecule has 3 rings (SSSR count). The van der Waals surface area contributed by atoms with E-state index in [1.807, 2.05) is 19.2 Å². The molecule has 5 nitrogen and oxygen atoms in total. The minimum Gasteiger partial charge on any atom is -0.478 e. The molecule has 1 N–H and O–H groups in total. The van der Waals surface area contributed by atoms with Crippen LogP contribution in [0.25, 0.3) is 0 Å². The molecule has 2 heterocycles. The Balaban J connectivity index is 1.59. The molecule has 0 bridgehead atoms. The average molecular weight is 362 g/mol. The van der Waals surface area contributed by atoms with Crippen molar-refractivity contribution in [2.75, 3.05) is 13.1 Å². The van der Waals surface area contributed by atoms with Crippen molar-refractivity contribution < 1.29 is 9.90 Å². The standard InChI is InChI=1S/C19H24ClN3O2/c1-3-17-16(18(20)22(2)21-17)12-23-9-8-14(11-23)10-13-4-6-15(7-5-13)19(24)25/h4-7,14H,3,8-12H2,1-2H3,(H,24,25). The number of benzene rings is 1. The summed E-state index contributed by atoms with van der Waals surface area (Å²) >= 11 is 6.40. The summed E-state index contributed by atoms with van der Waals surface area (Å²) in [5.41, 5.74) is 3.78. The summed E-state index contributed by atoms with van der Waals surface area (Å²) in [7, 11) is 1.89. The fraction of sp³-hybridized carbons (Fsp3) is 0.474. The number of carboxylic acid groups (broad SMARTS) is 1. The zero-order valence-electron chi connectivity index (χ0n) is 14.7. The van der Waals surface area contributed by atoms with E-state index in [4.69, 9.17) is 16.7 Å². The van der Waals surface area contributed by atoms with Gasteiger partial charge in [0.05, 0.1) is 11.3 Å². The number of aryl methyl sites for hydroxylation is 2. The highest BCUT2D eigenvalue weighted by Gasteiger charge is 2.25. The number of likely N-dealkylation sites (tertiary alicyclic amines) is 1.